The molecule has 2 aromatic carbocycles. The number of primary sulfonamides is 1. The van der Waals surface area contributed by atoms with Gasteiger partial charge in [-0.05, 0) is 30.7 Å². The summed E-state index contributed by atoms with van der Waals surface area (Å²) in [4.78, 5) is -0.0201. The third-order valence-electron chi connectivity index (χ3n) is 2.95. The molecule has 2 aromatic rings. The molecule has 0 bridgehead atoms. The van der Waals surface area contributed by atoms with E-state index in [-0.39, 0.29) is 10.6 Å². The summed E-state index contributed by atoms with van der Waals surface area (Å²) in [5.74, 6) is 0.405. The fourth-order valence-corrected chi connectivity index (χ4v) is 2.96. The van der Waals surface area contributed by atoms with Gasteiger partial charge in [-0.2, -0.15) is 0 Å². The van der Waals surface area contributed by atoms with Gasteiger partial charge in [-0.25, -0.2) is 13.6 Å². The van der Waals surface area contributed by atoms with Gasteiger partial charge in [-0.1, -0.05) is 28.1 Å². The van der Waals surface area contributed by atoms with Crippen LogP contribution in [0.25, 0.3) is 0 Å². The molecule has 0 heterocycles. The molecule has 0 unspecified atom stereocenters. The van der Waals surface area contributed by atoms with Crippen molar-refractivity contribution in [3.05, 3.63) is 52.0 Å². The van der Waals surface area contributed by atoms with Gasteiger partial charge in [0.05, 0.1) is 4.90 Å². The van der Waals surface area contributed by atoms with Gasteiger partial charge in [0.25, 0.3) is 0 Å². The smallest absolute Gasteiger partial charge is 0.238 e. The minimum atomic E-state index is -3.83. The molecule has 0 radical (unpaired) electrons. The zero-order valence-corrected chi connectivity index (χ0v) is 13.7. The summed E-state index contributed by atoms with van der Waals surface area (Å²) in [6.45, 7) is 1.94. The van der Waals surface area contributed by atoms with E-state index in [1.807, 2.05) is 24.3 Å². The molecule has 0 fully saturated rings. The number of rotatable bonds is 4. The lowest BCUT2D eigenvalue weighted by molar-refractivity contribution is 0.303. The second-order valence-electron chi connectivity index (χ2n) is 4.60. The molecule has 0 aliphatic rings. The van der Waals surface area contributed by atoms with Crippen LogP contribution in [0.2, 0.25) is 0 Å². The van der Waals surface area contributed by atoms with Crippen molar-refractivity contribution >= 4 is 31.6 Å². The van der Waals surface area contributed by atoms with Crippen LogP contribution >= 0.6 is 15.9 Å². The van der Waals surface area contributed by atoms with E-state index < -0.39 is 10.0 Å². The first kappa shape index (κ1) is 15.8. The molecular formula is C14H15BrN2O3S. The van der Waals surface area contributed by atoms with Crippen molar-refractivity contribution in [2.75, 3.05) is 5.73 Å². The molecule has 4 N–H and O–H groups in total. The summed E-state index contributed by atoms with van der Waals surface area (Å²) in [7, 11) is -3.83. The highest BCUT2D eigenvalue weighted by Gasteiger charge is 2.16. The summed E-state index contributed by atoms with van der Waals surface area (Å²) in [5, 5.41) is 5.18. The lowest BCUT2D eigenvalue weighted by Gasteiger charge is -2.13. The molecule has 0 aliphatic heterocycles. The highest BCUT2D eigenvalue weighted by atomic mass is 79.9. The highest BCUT2D eigenvalue weighted by molar-refractivity contribution is 9.10. The Morgan fingerprint density at radius 3 is 2.38 bits per heavy atom. The lowest BCUT2D eigenvalue weighted by atomic mass is 10.2. The summed E-state index contributed by atoms with van der Waals surface area (Å²) in [6.07, 6.45) is 0. The minimum absolute atomic E-state index is 0.0201. The number of nitrogens with two attached hydrogens (primary N) is 2. The summed E-state index contributed by atoms with van der Waals surface area (Å²) < 4.78 is 29.7. The maximum atomic E-state index is 11.5. The van der Waals surface area contributed by atoms with E-state index in [4.69, 9.17) is 15.6 Å². The van der Waals surface area contributed by atoms with Crippen molar-refractivity contribution in [1.82, 2.24) is 0 Å². The molecule has 21 heavy (non-hydrogen) atoms. The van der Waals surface area contributed by atoms with Crippen LogP contribution < -0.4 is 15.6 Å². The van der Waals surface area contributed by atoms with Gasteiger partial charge in [-0.15, -0.1) is 0 Å². The van der Waals surface area contributed by atoms with Gasteiger partial charge in [0.15, 0.2) is 0 Å². The van der Waals surface area contributed by atoms with E-state index >= 15 is 0 Å². The monoisotopic (exact) mass is 370 g/mol. The van der Waals surface area contributed by atoms with E-state index in [0.717, 1.165) is 10.0 Å². The van der Waals surface area contributed by atoms with Gasteiger partial charge in [0, 0.05) is 21.8 Å². The predicted molar refractivity (Wildman–Crippen MR) is 85.4 cm³/mol. The third kappa shape index (κ3) is 3.96. The quantitative estimate of drug-likeness (QED) is 0.808. The molecule has 112 valence electrons. The fourth-order valence-electron chi connectivity index (χ4n) is 1.87. The number of hydrogen-bond donors (Lipinski definition) is 2. The second kappa shape index (κ2) is 6.05. The molecule has 7 heteroatoms. The fraction of sp³-hybridized carbons (Fsp3) is 0.143. The Bertz CT molecular complexity index is 759. The summed E-state index contributed by atoms with van der Waals surface area (Å²) in [5.41, 5.74) is 7.40. The first-order valence-corrected chi connectivity index (χ1v) is 8.41. The highest BCUT2D eigenvalue weighted by Crippen LogP contribution is 2.28. The Balaban J connectivity index is 2.28. The normalized spacial score (nSPS) is 11.4. The zero-order chi connectivity index (χ0) is 15.6. The van der Waals surface area contributed by atoms with Crippen molar-refractivity contribution in [1.29, 1.82) is 0 Å². The Hall–Kier alpha value is -1.57. The average molecular weight is 371 g/mol. The number of benzene rings is 2. The van der Waals surface area contributed by atoms with Crippen LogP contribution in [0.1, 0.15) is 11.1 Å². The van der Waals surface area contributed by atoms with Crippen molar-refractivity contribution < 1.29 is 13.2 Å². The van der Waals surface area contributed by atoms with Crippen LogP contribution in [0.5, 0.6) is 5.75 Å². The predicted octanol–water partition coefficient (Wildman–Crippen LogP) is 2.57. The van der Waals surface area contributed by atoms with E-state index in [1.165, 1.54) is 6.07 Å². The molecule has 0 aliphatic carbocycles. The lowest BCUT2D eigenvalue weighted by Crippen LogP contribution is -2.14. The maximum Gasteiger partial charge on any atom is 0.238 e. The first-order valence-electron chi connectivity index (χ1n) is 6.07. The first-order chi connectivity index (χ1) is 9.77. The summed E-state index contributed by atoms with van der Waals surface area (Å²) >= 11 is 3.36. The van der Waals surface area contributed by atoms with Gasteiger partial charge in [0.1, 0.15) is 12.4 Å². The van der Waals surface area contributed by atoms with Gasteiger partial charge < -0.3 is 10.5 Å². The van der Waals surface area contributed by atoms with Crippen LogP contribution in [0.4, 0.5) is 5.69 Å². The van der Waals surface area contributed by atoms with Crippen molar-refractivity contribution in [2.45, 2.75) is 18.4 Å². The maximum absolute atomic E-state index is 11.5. The van der Waals surface area contributed by atoms with Crippen molar-refractivity contribution in [2.24, 2.45) is 5.14 Å². The number of halogens is 1. The van der Waals surface area contributed by atoms with E-state index in [2.05, 4.69) is 15.9 Å². The molecule has 0 aromatic heterocycles. The minimum Gasteiger partial charge on any atom is -0.489 e. The van der Waals surface area contributed by atoms with Crippen molar-refractivity contribution in [3.63, 3.8) is 0 Å². The van der Waals surface area contributed by atoms with Crippen LogP contribution in [-0.4, -0.2) is 8.42 Å². The zero-order valence-electron chi connectivity index (χ0n) is 11.3. The van der Waals surface area contributed by atoms with Gasteiger partial charge in [-0.3, -0.25) is 0 Å². The molecule has 5 nitrogen and oxygen atoms in total. The Labute approximate surface area is 132 Å². The number of nitrogen functional groups attached to an aromatic ring is 1. The van der Waals surface area contributed by atoms with Crippen LogP contribution in [0.3, 0.4) is 0 Å². The van der Waals surface area contributed by atoms with Crippen molar-refractivity contribution in [3.8, 4) is 5.75 Å². The number of anilines is 1. The Morgan fingerprint density at radius 2 is 1.81 bits per heavy atom. The SMILES string of the molecule is Cc1c(OCc2ccc(Br)cc2)cc(N)cc1S(N)(=O)=O. The standard InChI is InChI=1S/C14H15BrN2O3S/c1-9-13(6-12(16)7-14(9)21(17,18)19)20-8-10-2-4-11(15)5-3-10/h2-7H,8,16H2,1H3,(H2,17,18,19). The molecule has 0 amide bonds. The average Bonchev–Trinajstić information content (AvgIpc) is 2.40. The second-order valence-corrected chi connectivity index (χ2v) is 7.05. The van der Waals surface area contributed by atoms with Gasteiger partial charge in [0.2, 0.25) is 10.0 Å². The van der Waals surface area contributed by atoms with Crippen LogP contribution in [0, 0.1) is 6.92 Å². The van der Waals surface area contributed by atoms with E-state index in [9.17, 15) is 8.42 Å². The molecule has 0 atom stereocenters. The third-order valence-corrected chi connectivity index (χ3v) is 4.51. The molecule has 2 rings (SSSR count). The van der Waals surface area contributed by atoms with Gasteiger partial charge >= 0.3 is 0 Å². The summed E-state index contributed by atoms with van der Waals surface area (Å²) in [6, 6.07) is 10.5. The number of ether oxygens (including phenoxy) is 1. The molecule has 0 saturated heterocycles. The topological polar surface area (TPSA) is 95.4 Å². The van der Waals surface area contributed by atoms with E-state index in [1.54, 1.807) is 13.0 Å². The Morgan fingerprint density at radius 1 is 1.19 bits per heavy atom. The largest absolute Gasteiger partial charge is 0.489 e. The van der Waals surface area contributed by atoms with E-state index in [0.29, 0.717) is 17.9 Å². The molecule has 0 saturated carbocycles. The molecular weight excluding hydrogens is 356 g/mol. The van der Waals surface area contributed by atoms with Crippen LogP contribution in [0.15, 0.2) is 45.8 Å². The number of hydrogen-bond acceptors (Lipinski definition) is 4. The number of sulfonamides is 1. The Kier molecular flexibility index (Phi) is 4.55. The van der Waals surface area contributed by atoms with Crippen LogP contribution in [-0.2, 0) is 16.6 Å². The molecule has 0 spiro atoms.